The van der Waals surface area contributed by atoms with Crippen molar-refractivity contribution in [2.24, 2.45) is 0 Å². The first-order chi connectivity index (χ1) is 19.2. The first-order valence-corrected chi connectivity index (χ1v) is 13.9. The number of hydrogen-bond acceptors (Lipinski definition) is 4. The van der Waals surface area contributed by atoms with Crippen LogP contribution in [0.1, 0.15) is 26.3 Å². The van der Waals surface area contributed by atoms with Crippen LogP contribution in [0.3, 0.4) is 0 Å². The van der Waals surface area contributed by atoms with Gasteiger partial charge in [0, 0.05) is 27.3 Å². The minimum absolute atomic E-state index is 0.0483. The molecule has 10 heteroatoms. The molecule has 0 aliphatic rings. The summed E-state index contributed by atoms with van der Waals surface area (Å²) in [5, 5.41) is 5.99. The van der Waals surface area contributed by atoms with E-state index in [2.05, 4.69) is 10.6 Å². The van der Waals surface area contributed by atoms with E-state index >= 15 is 0 Å². The van der Waals surface area contributed by atoms with Gasteiger partial charge in [0.1, 0.15) is 11.5 Å². The second-order valence-corrected chi connectivity index (χ2v) is 10.6. The van der Waals surface area contributed by atoms with Crippen LogP contribution in [0.15, 0.2) is 102 Å². The molecule has 0 fully saturated rings. The molecule has 2 amide bonds. The molecule has 0 spiro atoms. The number of Topliss-reactive ketones (excluding diaryl/α,β-unsaturated/α-hetero) is 1. The van der Waals surface area contributed by atoms with Gasteiger partial charge in [0.2, 0.25) is 0 Å². The molecular formula is C30H20Cl3FN2O3S. The minimum atomic E-state index is -0.697. The lowest BCUT2D eigenvalue weighted by molar-refractivity contribution is -0.113. The quantitative estimate of drug-likeness (QED) is 0.113. The SMILES string of the molecule is O=C(Nc1cccc(SCC(=O)c2ccc(Cl)c(Cl)c2)c1)/C(=C/c1c(F)cccc1Cl)NC(=O)c1ccccc1. The van der Waals surface area contributed by atoms with Gasteiger partial charge in [-0.2, -0.15) is 0 Å². The van der Waals surface area contributed by atoms with Crippen molar-refractivity contribution in [2.75, 3.05) is 11.1 Å². The summed E-state index contributed by atoms with van der Waals surface area (Å²) in [6.07, 6.45) is 1.18. The van der Waals surface area contributed by atoms with E-state index in [0.717, 1.165) is 0 Å². The smallest absolute Gasteiger partial charge is 0.272 e. The molecule has 4 aromatic rings. The Morgan fingerprint density at radius 3 is 2.25 bits per heavy atom. The average Bonchev–Trinajstić information content (AvgIpc) is 2.95. The van der Waals surface area contributed by atoms with Crippen LogP contribution in [0.5, 0.6) is 0 Å². The fourth-order valence-electron chi connectivity index (χ4n) is 3.50. The lowest BCUT2D eigenvalue weighted by atomic mass is 10.1. The lowest BCUT2D eigenvalue weighted by Gasteiger charge is -2.13. The zero-order chi connectivity index (χ0) is 28.6. The van der Waals surface area contributed by atoms with Crippen LogP contribution in [0.4, 0.5) is 10.1 Å². The maximum atomic E-state index is 14.5. The molecule has 0 bridgehead atoms. The first-order valence-electron chi connectivity index (χ1n) is 11.8. The molecule has 4 rings (SSSR count). The highest BCUT2D eigenvalue weighted by atomic mass is 35.5. The predicted octanol–water partition coefficient (Wildman–Crippen LogP) is 8.17. The molecule has 0 aliphatic heterocycles. The third kappa shape index (κ3) is 7.73. The molecule has 0 heterocycles. The summed E-state index contributed by atoms with van der Waals surface area (Å²) in [6.45, 7) is 0. The standard InChI is InChI=1S/C30H20Cl3FN2O3S/c31-23-10-5-11-26(34)22(23)16-27(36-29(38)18-6-2-1-3-7-18)30(39)35-20-8-4-9-21(15-20)40-17-28(37)19-12-13-24(32)25(33)14-19/h1-16H,17H2,(H,35,39)(H,36,38)/b27-16-. The van der Waals surface area contributed by atoms with Crippen molar-refractivity contribution in [1.82, 2.24) is 5.32 Å². The predicted molar refractivity (Wildman–Crippen MR) is 160 cm³/mol. The van der Waals surface area contributed by atoms with E-state index in [4.69, 9.17) is 34.8 Å². The molecule has 5 nitrogen and oxygen atoms in total. The Morgan fingerprint density at radius 1 is 0.775 bits per heavy atom. The van der Waals surface area contributed by atoms with Crippen LogP contribution >= 0.6 is 46.6 Å². The second kappa shape index (κ2) is 13.6. The number of thioether (sulfide) groups is 1. The van der Waals surface area contributed by atoms with Gasteiger partial charge >= 0.3 is 0 Å². The van der Waals surface area contributed by atoms with Crippen LogP contribution in [-0.4, -0.2) is 23.4 Å². The molecule has 0 aromatic heterocycles. The number of rotatable bonds is 9. The summed E-state index contributed by atoms with van der Waals surface area (Å²) in [4.78, 5) is 39.4. The monoisotopic (exact) mass is 612 g/mol. The Hall–Kier alpha value is -3.62. The Bertz CT molecular complexity index is 1590. The van der Waals surface area contributed by atoms with Crippen molar-refractivity contribution < 1.29 is 18.8 Å². The Labute approximate surface area is 249 Å². The highest BCUT2D eigenvalue weighted by Crippen LogP contribution is 2.27. The third-order valence-electron chi connectivity index (χ3n) is 5.52. The molecule has 0 saturated heterocycles. The largest absolute Gasteiger partial charge is 0.321 e. The molecular weight excluding hydrogens is 594 g/mol. The number of carbonyl (C=O) groups excluding carboxylic acids is 3. The number of amides is 2. The summed E-state index contributed by atoms with van der Waals surface area (Å²) in [6, 6.07) is 23.9. The molecule has 0 unspecified atom stereocenters. The van der Waals surface area contributed by atoms with Crippen LogP contribution in [-0.2, 0) is 4.79 Å². The molecule has 0 aliphatic carbocycles. The molecule has 0 saturated carbocycles. The van der Waals surface area contributed by atoms with E-state index < -0.39 is 17.6 Å². The number of anilines is 1. The van der Waals surface area contributed by atoms with E-state index in [-0.39, 0.29) is 27.8 Å². The molecule has 4 aromatic carbocycles. The van der Waals surface area contributed by atoms with Gasteiger partial charge in [-0.1, -0.05) is 65.1 Å². The first kappa shape index (κ1) is 29.4. The number of benzene rings is 4. The van der Waals surface area contributed by atoms with E-state index in [1.165, 1.54) is 42.1 Å². The molecule has 0 atom stereocenters. The van der Waals surface area contributed by atoms with Crippen molar-refractivity contribution in [2.45, 2.75) is 4.90 Å². The lowest BCUT2D eigenvalue weighted by Crippen LogP contribution is -2.30. The molecule has 0 radical (unpaired) electrons. The topological polar surface area (TPSA) is 75.3 Å². The summed E-state index contributed by atoms with van der Waals surface area (Å²) < 4.78 is 14.5. The number of ketones is 1. The van der Waals surface area contributed by atoms with Gasteiger partial charge in [-0.05, 0) is 66.7 Å². The Balaban J connectivity index is 1.52. The maximum Gasteiger partial charge on any atom is 0.272 e. The van der Waals surface area contributed by atoms with Gasteiger partial charge in [0.05, 0.1) is 20.8 Å². The van der Waals surface area contributed by atoms with Crippen molar-refractivity contribution in [3.05, 3.63) is 134 Å². The fourth-order valence-corrected chi connectivity index (χ4v) is 4.86. The maximum absolute atomic E-state index is 14.5. The second-order valence-electron chi connectivity index (χ2n) is 8.34. The van der Waals surface area contributed by atoms with Crippen molar-refractivity contribution in [3.8, 4) is 0 Å². The van der Waals surface area contributed by atoms with Gasteiger partial charge in [0.25, 0.3) is 11.8 Å². The summed E-state index contributed by atoms with van der Waals surface area (Å²) in [7, 11) is 0. The highest BCUT2D eigenvalue weighted by molar-refractivity contribution is 8.00. The van der Waals surface area contributed by atoms with E-state index in [1.807, 2.05) is 0 Å². The van der Waals surface area contributed by atoms with Gasteiger partial charge in [-0.15, -0.1) is 11.8 Å². The Morgan fingerprint density at radius 2 is 1.52 bits per heavy atom. The molecule has 40 heavy (non-hydrogen) atoms. The van der Waals surface area contributed by atoms with Gasteiger partial charge < -0.3 is 10.6 Å². The number of hydrogen-bond donors (Lipinski definition) is 2. The number of carbonyl (C=O) groups is 3. The van der Waals surface area contributed by atoms with Crippen molar-refractivity contribution in [1.29, 1.82) is 0 Å². The van der Waals surface area contributed by atoms with E-state index in [9.17, 15) is 18.8 Å². The number of halogens is 4. The molecule has 2 N–H and O–H groups in total. The molecule has 202 valence electrons. The average molecular weight is 614 g/mol. The zero-order valence-electron chi connectivity index (χ0n) is 20.6. The van der Waals surface area contributed by atoms with E-state index in [1.54, 1.807) is 66.7 Å². The highest BCUT2D eigenvalue weighted by Gasteiger charge is 2.17. The summed E-state index contributed by atoms with van der Waals surface area (Å²) in [5.74, 6) is -1.93. The van der Waals surface area contributed by atoms with Crippen molar-refractivity contribution >= 4 is 75.9 Å². The Kier molecular flexibility index (Phi) is 10.0. The van der Waals surface area contributed by atoms with Gasteiger partial charge in [-0.25, -0.2) is 4.39 Å². The van der Waals surface area contributed by atoms with Crippen LogP contribution < -0.4 is 10.6 Å². The van der Waals surface area contributed by atoms with E-state index in [0.29, 0.717) is 31.8 Å². The fraction of sp³-hybridized carbons (Fsp3) is 0.0333. The number of nitrogens with one attached hydrogen (secondary N) is 2. The van der Waals surface area contributed by atoms with Crippen molar-refractivity contribution in [3.63, 3.8) is 0 Å². The van der Waals surface area contributed by atoms with Crippen LogP contribution in [0, 0.1) is 5.82 Å². The van der Waals surface area contributed by atoms with Gasteiger partial charge in [-0.3, -0.25) is 14.4 Å². The van der Waals surface area contributed by atoms with Crippen LogP contribution in [0.2, 0.25) is 15.1 Å². The summed E-state index contributed by atoms with van der Waals surface area (Å²) in [5.41, 5.74) is 0.881. The normalized spacial score (nSPS) is 11.2. The van der Waals surface area contributed by atoms with Crippen LogP contribution in [0.25, 0.3) is 6.08 Å². The zero-order valence-corrected chi connectivity index (χ0v) is 23.7. The summed E-state index contributed by atoms with van der Waals surface area (Å²) >= 11 is 19.4. The van der Waals surface area contributed by atoms with Gasteiger partial charge in [0.15, 0.2) is 5.78 Å². The third-order valence-corrected chi connectivity index (χ3v) is 7.58. The minimum Gasteiger partial charge on any atom is -0.321 e.